The van der Waals surface area contributed by atoms with Gasteiger partial charge in [0.05, 0.1) is 12.1 Å². The number of aliphatic carboxylic acids is 2. The molecule has 3 unspecified atom stereocenters. The summed E-state index contributed by atoms with van der Waals surface area (Å²) in [6.45, 7) is 1.74. The number of amides is 1. The van der Waals surface area contributed by atoms with Crippen molar-refractivity contribution in [1.29, 1.82) is 0 Å². The van der Waals surface area contributed by atoms with Crippen LogP contribution in [0, 0.1) is 0 Å². The number of carbonyl (C=O) groups is 3. The number of carbonyl (C=O) groups excluding carboxylic acids is 1. The van der Waals surface area contributed by atoms with E-state index in [0.29, 0.717) is 17.9 Å². The third-order valence-electron chi connectivity index (χ3n) is 5.55. The summed E-state index contributed by atoms with van der Waals surface area (Å²) in [6.07, 6.45) is 6.81. The molecule has 1 aromatic carbocycles. The monoisotopic (exact) mass is 450 g/mol. The maximum absolute atomic E-state index is 13.3. The van der Waals surface area contributed by atoms with Gasteiger partial charge in [0.15, 0.2) is 0 Å². The minimum atomic E-state index is -1.08. The van der Waals surface area contributed by atoms with Gasteiger partial charge in [0.25, 0.3) is 0 Å². The topological polar surface area (TPSA) is 107 Å². The lowest BCUT2D eigenvalue weighted by molar-refractivity contribution is -0.147. The molecular weight excluding hydrogens is 416 g/mol. The lowest BCUT2D eigenvalue weighted by atomic mass is 10.0. The van der Waals surface area contributed by atoms with Crippen LogP contribution in [0.5, 0.6) is 0 Å². The molecule has 0 saturated carbocycles. The number of unbranched alkanes of at least 4 members (excludes halogenated alkanes) is 5. The molecule has 0 aromatic heterocycles. The molecule has 1 aliphatic heterocycles. The average molecular weight is 451 g/mol. The molecular formula is C23H34N2O5S. The second-order valence-corrected chi connectivity index (χ2v) is 9.07. The van der Waals surface area contributed by atoms with E-state index in [1.165, 1.54) is 11.3 Å². The first kappa shape index (κ1) is 25.2. The van der Waals surface area contributed by atoms with Gasteiger partial charge in [-0.05, 0) is 12.0 Å². The van der Waals surface area contributed by atoms with Crippen molar-refractivity contribution in [1.82, 2.24) is 10.2 Å². The molecule has 3 N–H and O–H groups in total. The van der Waals surface area contributed by atoms with Gasteiger partial charge in [-0.1, -0.05) is 75.8 Å². The number of hydrogen-bond donors (Lipinski definition) is 3. The van der Waals surface area contributed by atoms with Gasteiger partial charge in [0, 0.05) is 11.5 Å². The van der Waals surface area contributed by atoms with Crippen molar-refractivity contribution in [3.05, 3.63) is 35.9 Å². The molecule has 1 amide bonds. The van der Waals surface area contributed by atoms with E-state index in [1.54, 1.807) is 11.8 Å². The standard InChI is InChI=1S/C23H34N2O5S/c1-2-3-4-5-6-10-13-18(23(29)30)24-19-15-31-16-20(17-11-8-7-9-12-17)25(22(19)28)14-21(26)27/h7-9,11-12,18-20,24H,2-6,10,13-16H2,1H3,(H,26,27)(H,29,30). The van der Waals surface area contributed by atoms with Crippen LogP contribution in [-0.4, -0.2) is 63.1 Å². The highest BCUT2D eigenvalue weighted by atomic mass is 32.2. The average Bonchev–Trinajstić information content (AvgIpc) is 2.89. The number of carboxylic acids is 2. The molecule has 0 spiro atoms. The van der Waals surface area contributed by atoms with E-state index in [2.05, 4.69) is 12.2 Å². The smallest absolute Gasteiger partial charge is 0.323 e. The summed E-state index contributed by atoms with van der Waals surface area (Å²) in [5.41, 5.74) is 0.882. The Morgan fingerprint density at radius 2 is 1.77 bits per heavy atom. The normalized spacial score (nSPS) is 20.3. The molecule has 1 heterocycles. The van der Waals surface area contributed by atoms with Crippen molar-refractivity contribution >= 4 is 29.6 Å². The summed E-state index contributed by atoms with van der Waals surface area (Å²) in [6, 6.07) is 7.49. The zero-order chi connectivity index (χ0) is 22.6. The third-order valence-corrected chi connectivity index (χ3v) is 6.67. The quantitative estimate of drug-likeness (QED) is 0.395. The number of thioether (sulfide) groups is 1. The summed E-state index contributed by atoms with van der Waals surface area (Å²) < 4.78 is 0. The molecule has 7 nitrogen and oxygen atoms in total. The van der Waals surface area contributed by atoms with Crippen LogP contribution in [0.15, 0.2) is 30.3 Å². The third kappa shape index (κ3) is 8.18. The number of carboxylic acid groups (broad SMARTS) is 2. The first-order valence-electron chi connectivity index (χ1n) is 11.1. The Bertz CT molecular complexity index is 715. The molecule has 2 rings (SSSR count). The van der Waals surface area contributed by atoms with Crippen molar-refractivity contribution in [2.45, 2.75) is 70.0 Å². The van der Waals surface area contributed by atoms with Gasteiger partial charge in [-0.3, -0.25) is 19.7 Å². The minimum Gasteiger partial charge on any atom is -0.480 e. The molecule has 0 aliphatic carbocycles. The van der Waals surface area contributed by atoms with Gasteiger partial charge in [0.1, 0.15) is 12.6 Å². The Morgan fingerprint density at radius 1 is 1.10 bits per heavy atom. The van der Waals surface area contributed by atoms with Crippen LogP contribution in [0.4, 0.5) is 0 Å². The van der Waals surface area contributed by atoms with Gasteiger partial charge in [-0.2, -0.15) is 11.8 Å². The number of hydrogen-bond acceptors (Lipinski definition) is 5. The van der Waals surface area contributed by atoms with Crippen molar-refractivity contribution < 1.29 is 24.6 Å². The molecule has 3 atom stereocenters. The Labute approximate surface area is 188 Å². The fraction of sp³-hybridized carbons (Fsp3) is 0.609. The van der Waals surface area contributed by atoms with Crippen molar-refractivity contribution in [2.75, 3.05) is 18.1 Å². The molecule has 1 saturated heterocycles. The maximum atomic E-state index is 13.3. The Hall–Kier alpha value is -2.06. The van der Waals surface area contributed by atoms with E-state index in [4.69, 9.17) is 0 Å². The Morgan fingerprint density at radius 3 is 2.42 bits per heavy atom. The summed E-state index contributed by atoms with van der Waals surface area (Å²) in [5.74, 6) is -1.42. The molecule has 1 aromatic rings. The van der Waals surface area contributed by atoms with Crippen LogP contribution in [0.3, 0.4) is 0 Å². The lowest BCUT2D eigenvalue weighted by Gasteiger charge is -2.31. The van der Waals surface area contributed by atoms with E-state index in [0.717, 1.165) is 37.7 Å². The number of benzene rings is 1. The zero-order valence-electron chi connectivity index (χ0n) is 18.2. The van der Waals surface area contributed by atoms with E-state index in [-0.39, 0.29) is 11.9 Å². The molecule has 172 valence electrons. The van der Waals surface area contributed by atoms with E-state index < -0.39 is 30.6 Å². The summed E-state index contributed by atoms with van der Waals surface area (Å²) >= 11 is 1.54. The highest BCUT2D eigenvalue weighted by Crippen LogP contribution is 2.29. The number of nitrogens with zero attached hydrogens (tertiary/aromatic N) is 1. The molecule has 1 fully saturated rings. The van der Waals surface area contributed by atoms with Crippen LogP contribution in [-0.2, 0) is 14.4 Å². The van der Waals surface area contributed by atoms with Crippen LogP contribution in [0.1, 0.15) is 63.5 Å². The van der Waals surface area contributed by atoms with Gasteiger partial charge < -0.3 is 15.1 Å². The fourth-order valence-electron chi connectivity index (χ4n) is 3.87. The summed E-state index contributed by atoms with van der Waals surface area (Å²) in [7, 11) is 0. The first-order chi connectivity index (χ1) is 14.9. The summed E-state index contributed by atoms with van der Waals surface area (Å²) in [4.78, 5) is 37.9. The van der Waals surface area contributed by atoms with E-state index in [9.17, 15) is 24.6 Å². The molecule has 0 bridgehead atoms. The largest absolute Gasteiger partial charge is 0.480 e. The van der Waals surface area contributed by atoms with Crippen LogP contribution in [0.25, 0.3) is 0 Å². The first-order valence-corrected chi connectivity index (χ1v) is 12.2. The summed E-state index contributed by atoms with van der Waals surface area (Å²) in [5, 5.41) is 22.1. The number of nitrogens with one attached hydrogen (secondary N) is 1. The minimum absolute atomic E-state index is 0.351. The van der Waals surface area contributed by atoms with Crippen molar-refractivity contribution in [3.63, 3.8) is 0 Å². The predicted octanol–water partition coefficient (Wildman–Crippen LogP) is 3.55. The van der Waals surface area contributed by atoms with Crippen molar-refractivity contribution in [3.8, 4) is 0 Å². The zero-order valence-corrected chi connectivity index (χ0v) is 19.0. The number of rotatable bonds is 13. The van der Waals surface area contributed by atoms with Gasteiger partial charge in [-0.15, -0.1) is 0 Å². The SMILES string of the molecule is CCCCCCCCC(NC1CSCC(c2ccccc2)N(CC(=O)O)C1=O)C(=O)O. The highest BCUT2D eigenvalue weighted by Gasteiger charge is 2.37. The molecule has 0 radical (unpaired) electrons. The Kier molecular flexibility index (Phi) is 10.9. The predicted molar refractivity (Wildman–Crippen MR) is 122 cm³/mol. The molecule has 1 aliphatic rings. The second kappa shape index (κ2) is 13.4. The molecule has 31 heavy (non-hydrogen) atoms. The van der Waals surface area contributed by atoms with Gasteiger partial charge >= 0.3 is 11.9 Å². The second-order valence-electron chi connectivity index (χ2n) is 7.99. The van der Waals surface area contributed by atoms with Crippen LogP contribution >= 0.6 is 11.8 Å². The highest BCUT2D eigenvalue weighted by molar-refractivity contribution is 7.99. The molecule has 8 heteroatoms. The van der Waals surface area contributed by atoms with Gasteiger partial charge in [0.2, 0.25) is 5.91 Å². The van der Waals surface area contributed by atoms with Crippen molar-refractivity contribution in [2.24, 2.45) is 0 Å². The van der Waals surface area contributed by atoms with E-state index in [1.807, 2.05) is 30.3 Å². The van der Waals surface area contributed by atoms with Crippen LogP contribution < -0.4 is 5.32 Å². The Balaban J connectivity index is 2.06. The fourth-order valence-corrected chi connectivity index (χ4v) is 5.07. The maximum Gasteiger partial charge on any atom is 0.323 e. The van der Waals surface area contributed by atoms with Crippen LogP contribution in [0.2, 0.25) is 0 Å². The van der Waals surface area contributed by atoms with E-state index >= 15 is 0 Å². The van der Waals surface area contributed by atoms with Gasteiger partial charge in [-0.25, -0.2) is 0 Å². The lowest BCUT2D eigenvalue weighted by Crippen LogP contribution is -2.53.